The van der Waals surface area contributed by atoms with Gasteiger partial charge >= 0.3 is 0 Å². The number of rotatable bonds is 2. The van der Waals surface area contributed by atoms with Gasteiger partial charge in [0.2, 0.25) is 0 Å². The average molecular weight is 168 g/mol. The normalized spacial score (nSPS) is 16.1. The van der Waals surface area contributed by atoms with Crippen LogP contribution in [0.25, 0.3) is 0 Å². The van der Waals surface area contributed by atoms with E-state index >= 15 is 0 Å². The second kappa shape index (κ2) is 2.62. The van der Waals surface area contributed by atoms with Crippen molar-refractivity contribution in [2.75, 3.05) is 5.73 Å². The Morgan fingerprint density at radius 2 is 2.25 bits per heavy atom. The predicted molar refractivity (Wildman–Crippen MR) is 42.3 cm³/mol. The highest BCUT2D eigenvalue weighted by molar-refractivity contribution is 5.33. The molecule has 0 radical (unpaired) electrons. The summed E-state index contributed by atoms with van der Waals surface area (Å²) in [6.07, 6.45) is 2.19. The Morgan fingerprint density at radius 1 is 1.50 bits per heavy atom. The van der Waals surface area contributed by atoms with Crippen molar-refractivity contribution in [2.45, 2.75) is 18.9 Å². The Balaban J connectivity index is 2.18. The van der Waals surface area contributed by atoms with Crippen molar-refractivity contribution in [2.24, 2.45) is 0 Å². The number of hydrogen-bond acceptors (Lipinski definition) is 3. The quantitative estimate of drug-likeness (QED) is 0.678. The molecule has 1 heterocycles. The second-order valence-corrected chi connectivity index (χ2v) is 2.84. The third-order valence-corrected chi connectivity index (χ3v) is 1.65. The number of ether oxygens (including phenoxy) is 1. The molecule has 0 bridgehead atoms. The molecule has 2 N–H and O–H groups in total. The molecule has 1 aliphatic carbocycles. The fourth-order valence-corrected chi connectivity index (χ4v) is 0.889. The maximum atomic E-state index is 12.9. The van der Waals surface area contributed by atoms with Crippen LogP contribution in [0, 0.1) is 5.95 Å². The number of nitrogens with two attached hydrogens (primary N) is 1. The lowest BCUT2D eigenvalue weighted by Gasteiger charge is -2.04. The number of nitrogens with zero attached hydrogens (tertiary/aromatic N) is 1. The molecule has 1 aromatic heterocycles. The minimum atomic E-state index is -0.623. The van der Waals surface area contributed by atoms with E-state index in [1.807, 2.05) is 0 Å². The molecule has 4 heteroatoms. The van der Waals surface area contributed by atoms with Gasteiger partial charge in [-0.25, -0.2) is 0 Å². The molecule has 0 spiro atoms. The van der Waals surface area contributed by atoms with Gasteiger partial charge in [-0.3, -0.25) is 0 Å². The Bertz CT molecular complexity index is 299. The van der Waals surface area contributed by atoms with Gasteiger partial charge < -0.3 is 10.5 Å². The van der Waals surface area contributed by atoms with Crippen LogP contribution in [0.5, 0.6) is 5.75 Å². The van der Waals surface area contributed by atoms with Crippen LogP contribution in [-0.4, -0.2) is 11.1 Å². The summed E-state index contributed by atoms with van der Waals surface area (Å²) < 4.78 is 18.1. The summed E-state index contributed by atoms with van der Waals surface area (Å²) in [5, 5.41) is 0. The van der Waals surface area contributed by atoms with E-state index in [-0.39, 0.29) is 17.7 Å². The van der Waals surface area contributed by atoms with Gasteiger partial charge in [0.25, 0.3) is 5.95 Å². The van der Waals surface area contributed by atoms with Crippen molar-refractivity contribution in [3.63, 3.8) is 0 Å². The fraction of sp³-hybridized carbons (Fsp3) is 0.375. The fourth-order valence-electron chi connectivity index (χ4n) is 0.889. The van der Waals surface area contributed by atoms with Crippen LogP contribution in [0.3, 0.4) is 0 Å². The zero-order valence-corrected chi connectivity index (χ0v) is 6.46. The molecule has 1 fully saturated rings. The van der Waals surface area contributed by atoms with Crippen LogP contribution in [0.15, 0.2) is 12.1 Å². The van der Waals surface area contributed by atoms with Crippen LogP contribution in [-0.2, 0) is 0 Å². The molecule has 12 heavy (non-hydrogen) atoms. The highest BCUT2D eigenvalue weighted by Gasteiger charge is 2.24. The summed E-state index contributed by atoms with van der Waals surface area (Å²) in [7, 11) is 0. The molecular formula is C8H9FN2O. The monoisotopic (exact) mass is 168 g/mol. The third-order valence-electron chi connectivity index (χ3n) is 1.65. The molecular weight excluding hydrogens is 159 g/mol. The van der Waals surface area contributed by atoms with Crippen molar-refractivity contribution in [3.8, 4) is 5.75 Å². The van der Waals surface area contributed by atoms with Gasteiger partial charge in [-0.2, -0.15) is 9.37 Å². The van der Waals surface area contributed by atoms with E-state index in [4.69, 9.17) is 10.5 Å². The van der Waals surface area contributed by atoms with E-state index in [9.17, 15) is 4.39 Å². The van der Waals surface area contributed by atoms with Crippen LogP contribution >= 0.6 is 0 Å². The number of anilines is 1. The number of aromatic nitrogens is 1. The standard InChI is InChI=1S/C8H9FN2O/c9-8-6(12-5-1-2-5)3-4-7(10)11-8/h3-5H,1-2H2,(H2,10,11). The molecule has 0 unspecified atom stereocenters. The molecule has 0 aromatic carbocycles. The minimum Gasteiger partial charge on any atom is -0.486 e. The molecule has 3 nitrogen and oxygen atoms in total. The molecule has 2 rings (SSSR count). The van der Waals surface area contributed by atoms with Crippen LogP contribution in [0.1, 0.15) is 12.8 Å². The van der Waals surface area contributed by atoms with Gasteiger partial charge in [-0.05, 0) is 25.0 Å². The SMILES string of the molecule is Nc1ccc(OC2CC2)c(F)n1. The lowest BCUT2D eigenvalue weighted by Crippen LogP contribution is -2.01. The van der Waals surface area contributed by atoms with Gasteiger partial charge in [-0.15, -0.1) is 0 Å². The summed E-state index contributed by atoms with van der Waals surface area (Å²) in [6.45, 7) is 0. The lowest BCUT2D eigenvalue weighted by atomic mass is 10.4. The second-order valence-electron chi connectivity index (χ2n) is 2.84. The number of nitrogen functional groups attached to an aromatic ring is 1. The zero-order chi connectivity index (χ0) is 8.55. The Hall–Kier alpha value is -1.32. The first kappa shape index (κ1) is 7.34. The van der Waals surface area contributed by atoms with Crippen LogP contribution in [0.4, 0.5) is 10.2 Å². The summed E-state index contributed by atoms with van der Waals surface area (Å²) in [6, 6.07) is 3.04. The van der Waals surface area contributed by atoms with Crippen molar-refractivity contribution >= 4 is 5.82 Å². The molecule has 64 valence electrons. The van der Waals surface area contributed by atoms with Gasteiger partial charge in [0.1, 0.15) is 5.82 Å². The molecule has 0 aliphatic heterocycles. The van der Waals surface area contributed by atoms with Crippen LogP contribution in [0.2, 0.25) is 0 Å². The minimum absolute atomic E-state index is 0.177. The Labute approximate surface area is 69.4 Å². The van der Waals surface area contributed by atoms with E-state index in [1.54, 1.807) is 0 Å². The van der Waals surface area contributed by atoms with Crippen molar-refractivity contribution in [3.05, 3.63) is 18.1 Å². The van der Waals surface area contributed by atoms with E-state index in [2.05, 4.69) is 4.98 Å². The Kier molecular flexibility index (Phi) is 1.60. The first-order valence-corrected chi connectivity index (χ1v) is 3.84. The van der Waals surface area contributed by atoms with E-state index in [0.29, 0.717) is 0 Å². The van der Waals surface area contributed by atoms with Gasteiger partial charge in [-0.1, -0.05) is 0 Å². The molecule has 1 saturated carbocycles. The average Bonchev–Trinajstić information content (AvgIpc) is 2.79. The summed E-state index contributed by atoms with van der Waals surface area (Å²) in [5.41, 5.74) is 5.27. The van der Waals surface area contributed by atoms with Crippen molar-refractivity contribution < 1.29 is 9.13 Å². The van der Waals surface area contributed by atoms with E-state index in [1.165, 1.54) is 12.1 Å². The van der Waals surface area contributed by atoms with E-state index < -0.39 is 5.95 Å². The first-order valence-electron chi connectivity index (χ1n) is 3.84. The maximum Gasteiger partial charge on any atom is 0.257 e. The van der Waals surface area contributed by atoms with Crippen molar-refractivity contribution in [1.82, 2.24) is 4.98 Å². The highest BCUT2D eigenvalue weighted by Crippen LogP contribution is 2.27. The molecule has 1 aromatic rings. The number of halogens is 1. The van der Waals surface area contributed by atoms with E-state index in [0.717, 1.165) is 12.8 Å². The Morgan fingerprint density at radius 3 is 2.83 bits per heavy atom. The predicted octanol–water partition coefficient (Wildman–Crippen LogP) is 1.34. The molecule has 0 amide bonds. The summed E-state index contributed by atoms with van der Waals surface area (Å²) >= 11 is 0. The van der Waals surface area contributed by atoms with Gasteiger partial charge in [0.15, 0.2) is 5.75 Å². The van der Waals surface area contributed by atoms with Crippen molar-refractivity contribution in [1.29, 1.82) is 0 Å². The largest absolute Gasteiger partial charge is 0.486 e. The van der Waals surface area contributed by atoms with Crippen LogP contribution < -0.4 is 10.5 Å². The zero-order valence-electron chi connectivity index (χ0n) is 6.46. The summed E-state index contributed by atoms with van der Waals surface area (Å²) in [4.78, 5) is 3.44. The maximum absolute atomic E-state index is 12.9. The number of hydrogen-bond donors (Lipinski definition) is 1. The first-order chi connectivity index (χ1) is 5.75. The highest BCUT2D eigenvalue weighted by atomic mass is 19.1. The molecule has 0 atom stereocenters. The third kappa shape index (κ3) is 1.47. The topological polar surface area (TPSA) is 48.1 Å². The lowest BCUT2D eigenvalue weighted by molar-refractivity contribution is 0.283. The van der Waals surface area contributed by atoms with Gasteiger partial charge in [0, 0.05) is 0 Å². The molecule has 1 aliphatic rings. The molecule has 0 saturated heterocycles. The smallest absolute Gasteiger partial charge is 0.257 e. The van der Waals surface area contributed by atoms with Gasteiger partial charge in [0.05, 0.1) is 6.10 Å². The summed E-state index contributed by atoms with van der Waals surface area (Å²) in [5.74, 6) is -0.246. The number of pyridine rings is 1.